The van der Waals surface area contributed by atoms with Gasteiger partial charge in [0.1, 0.15) is 0 Å². The topological polar surface area (TPSA) is 82.0 Å². The molecule has 1 amide bonds. The van der Waals surface area contributed by atoms with Gasteiger partial charge >= 0.3 is 0 Å². The van der Waals surface area contributed by atoms with Gasteiger partial charge in [-0.1, -0.05) is 0 Å². The van der Waals surface area contributed by atoms with E-state index in [1.807, 2.05) is 11.8 Å². The van der Waals surface area contributed by atoms with Gasteiger partial charge in [0, 0.05) is 46.0 Å². The zero-order valence-electron chi connectivity index (χ0n) is 17.1. The minimum absolute atomic E-state index is 0.0551. The second kappa shape index (κ2) is 7.57. The van der Waals surface area contributed by atoms with Crippen molar-refractivity contribution in [1.29, 1.82) is 0 Å². The number of nitrogens with zero attached hydrogens (tertiary/aromatic N) is 5. The minimum Gasteiger partial charge on any atom is -0.393 e. The Bertz CT molecular complexity index is 737. The van der Waals surface area contributed by atoms with E-state index in [9.17, 15) is 9.90 Å². The van der Waals surface area contributed by atoms with Crippen LogP contribution in [0.5, 0.6) is 0 Å². The Balaban J connectivity index is 1.53. The summed E-state index contributed by atoms with van der Waals surface area (Å²) in [5.41, 5.74) is 0.925. The lowest BCUT2D eigenvalue weighted by molar-refractivity contribution is -0.0824. The molecule has 8 nitrogen and oxygen atoms in total. The molecule has 0 radical (unpaired) electrons. The van der Waals surface area contributed by atoms with E-state index in [1.165, 1.54) is 0 Å². The molecule has 0 aromatic carbocycles. The maximum atomic E-state index is 13.3. The van der Waals surface area contributed by atoms with E-state index >= 15 is 0 Å². The lowest BCUT2D eigenvalue weighted by atomic mass is 9.79. The first-order chi connectivity index (χ1) is 13.4. The molecule has 1 aromatic rings. The van der Waals surface area contributed by atoms with Crippen molar-refractivity contribution in [3.8, 4) is 0 Å². The third-order valence-corrected chi connectivity index (χ3v) is 6.81. The number of fused-ring (bicyclic) bond motifs is 1. The third-order valence-electron chi connectivity index (χ3n) is 6.81. The van der Waals surface area contributed by atoms with Crippen LogP contribution in [0.1, 0.15) is 41.7 Å². The summed E-state index contributed by atoms with van der Waals surface area (Å²) in [5.74, 6) is 0.642. The summed E-state index contributed by atoms with van der Waals surface area (Å²) in [6, 6.07) is -0.0922. The molecular formula is C20H31N5O3. The Morgan fingerprint density at radius 1 is 1.25 bits per heavy atom. The highest BCUT2D eigenvalue weighted by Crippen LogP contribution is 2.43. The van der Waals surface area contributed by atoms with Gasteiger partial charge in [-0.3, -0.25) is 4.79 Å². The number of hydrogen-bond acceptors (Lipinski definition) is 7. The SMILES string of the molecule is CO[C@@]12CCC(O)CC1N(C(=O)c1cnc(N3CCN(C)CC3)nc1C)CC2. The van der Waals surface area contributed by atoms with Gasteiger partial charge in [-0.05, 0) is 39.7 Å². The van der Waals surface area contributed by atoms with Crippen molar-refractivity contribution in [2.75, 3.05) is 51.8 Å². The van der Waals surface area contributed by atoms with Crippen molar-refractivity contribution < 1.29 is 14.6 Å². The van der Waals surface area contributed by atoms with E-state index in [0.29, 0.717) is 30.2 Å². The number of aryl methyl sites for hydroxylation is 1. The second-order valence-electron chi connectivity index (χ2n) is 8.42. The molecule has 1 aromatic heterocycles. The Kier molecular flexibility index (Phi) is 5.28. The first-order valence-electron chi connectivity index (χ1n) is 10.2. The van der Waals surface area contributed by atoms with Gasteiger partial charge in [0.05, 0.1) is 29.0 Å². The largest absolute Gasteiger partial charge is 0.393 e. The molecule has 1 N–H and O–H groups in total. The average molecular weight is 390 g/mol. The van der Waals surface area contributed by atoms with Gasteiger partial charge in [0.25, 0.3) is 5.91 Å². The number of hydrogen-bond donors (Lipinski definition) is 1. The summed E-state index contributed by atoms with van der Waals surface area (Å²) in [6.45, 7) is 6.28. The van der Waals surface area contributed by atoms with Crippen molar-refractivity contribution in [2.45, 2.75) is 50.4 Å². The minimum atomic E-state index is -0.376. The predicted molar refractivity (Wildman–Crippen MR) is 106 cm³/mol. The van der Waals surface area contributed by atoms with Gasteiger partial charge in [-0.25, -0.2) is 9.97 Å². The third kappa shape index (κ3) is 3.38. The quantitative estimate of drug-likeness (QED) is 0.814. The van der Waals surface area contributed by atoms with Crippen LogP contribution in [0.4, 0.5) is 5.95 Å². The Hall–Kier alpha value is -1.77. The van der Waals surface area contributed by atoms with E-state index in [2.05, 4.69) is 26.8 Å². The van der Waals surface area contributed by atoms with Gasteiger partial charge < -0.3 is 24.5 Å². The summed E-state index contributed by atoms with van der Waals surface area (Å²) >= 11 is 0. The molecule has 4 rings (SSSR count). The molecule has 3 atom stereocenters. The number of amides is 1. The van der Waals surface area contributed by atoms with Crippen molar-refractivity contribution >= 4 is 11.9 Å². The van der Waals surface area contributed by atoms with Gasteiger partial charge in [-0.15, -0.1) is 0 Å². The normalized spacial score (nSPS) is 31.1. The van der Waals surface area contributed by atoms with Gasteiger partial charge in [0.15, 0.2) is 0 Å². The van der Waals surface area contributed by atoms with Crippen molar-refractivity contribution in [1.82, 2.24) is 19.8 Å². The molecule has 2 aliphatic heterocycles. The molecule has 154 valence electrons. The highest BCUT2D eigenvalue weighted by atomic mass is 16.5. The van der Waals surface area contributed by atoms with E-state index in [4.69, 9.17) is 4.74 Å². The number of methoxy groups -OCH3 is 1. The molecule has 3 heterocycles. The summed E-state index contributed by atoms with van der Waals surface area (Å²) in [6.07, 6.45) is 4.19. The fourth-order valence-electron chi connectivity index (χ4n) is 4.90. The van der Waals surface area contributed by atoms with Crippen LogP contribution in [-0.4, -0.2) is 95.4 Å². The highest BCUT2D eigenvalue weighted by Gasteiger charge is 2.52. The second-order valence-corrected chi connectivity index (χ2v) is 8.42. The number of aromatic nitrogens is 2. The molecule has 0 bridgehead atoms. The van der Waals surface area contributed by atoms with Crippen molar-refractivity contribution in [3.05, 3.63) is 17.5 Å². The molecule has 28 heavy (non-hydrogen) atoms. The van der Waals surface area contributed by atoms with E-state index in [0.717, 1.165) is 45.4 Å². The zero-order valence-corrected chi connectivity index (χ0v) is 17.1. The number of aliphatic hydroxyl groups excluding tert-OH is 1. The van der Waals surface area contributed by atoms with Crippen LogP contribution in [0.25, 0.3) is 0 Å². The van der Waals surface area contributed by atoms with Crippen LogP contribution in [0, 0.1) is 6.92 Å². The van der Waals surface area contributed by atoms with Crippen LogP contribution in [-0.2, 0) is 4.74 Å². The fraction of sp³-hybridized carbons (Fsp3) is 0.750. The monoisotopic (exact) mass is 389 g/mol. The standard InChI is InChI=1S/C20H31N5O3/c1-14-16(13-21-19(22-14)24-10-8-23(2)9-11-24)18(27)25-7-6-20(28-3)5-4-15(26)12-17(20)25/h13,15,17,26H,4-12H2,1-3H3/t15?,17?,20-/m1/s1. The maximum Gasteiger partial charge on any atom is 0.257 e. The zero-order chi connectivity index (χ0) is 19.9. The fourth-order valence-corrected chi connectivity index (χ4v) is 4.90. The Morgan fingerprint density at radius 2 is 2.00 bits per heavy atom. The first-order valence-corrected chi connectivity index (χ1v) is 10.2. The molecule has 3 fully saturated rings. The average Bonchev–Trinajstić information content (AvgIpc) is 3.07. The molecule has 0 spiro atoms. The first kappa shape index (κ1) is 19.5. The van der Waals surface area contributed by atoms with E-state index in [-0.39, 0.29) is 23.7 Å². The number of carbonyl (C=O) groups is 1. The summed E-state index contributed by atoms with van der Waals surface area (Å²) in [7, 11) is 3.83. The number of rotatable bonds is 3. The number of carbonyl (C=O) groups excluding carboxylic acids is 1. The Labute approximate surface area is 166 Å². The van der Waals surface area contributed by atoms with Crippen LogP contribution in [0.15, 0.2) is 6.20 Å². The summed E-state index contributed by atoms with van der Waals surface area (Å²) in [5, 5.41) is 10.2. The van der Waals surface area contributed by atoms with E-state index < -0.39 is 0 Å². The lowest BCUT2D eigenvalue weighted by Crippen LogP contribution is -2.52. The molecule has 1 aliphatic carbocycles. The predicted octanol–water partition coefficient (Wildman–Crippen LogP) is 0.681. The smallest absolute Gasteiger partial charge is 0.257 e. The number of likely N-dealkylation sites (tertiary alicyclic amines) is 1. The number of aliphatic hydroxyl groups is 1. The Morgan fingerprint density at radius 3 is 2.68 bits per heavy atom. The highest BCUT2D eigenvalue weighted by molar-refractivity contribution is 5.95. The van der Waals surface area contributed by atoms with E-state index in [1.54, 1.807) is 13.3 Å². The number of piperazine rings is 1. The van der Waals surface area contributed by atoms with Crippen molar-refractivity contribution in [2.24, 2.45) is 0 Å². The number of ether oxygens (including phenoxy) is 1. The van der Waals surface area contributed by atoms with Crippen LogP contribution >= 0.6 is 0 Å². The summed E-state index contributed by atoms with van der Waals surface area (Å²) in [4.78, 5) is 28.8. The molecule has 8 heteroatoms. The lowest BCUT2D eigenvalue weighted by Gasteiger charge is -2.42. The molecule has 2 saturated heterocycles. The maximum absolute atomic E-state index is 13.3. The molecule has 2 unspecified atom stereocenters. The number of anilines is 1. The van der Waals surface area contributed by atoms with Crippen LogP contribution < -0.4 is 4.90 Å². The molecule has 3 aliphatic rings. The van der Waals surface area contributed by atoms with Crippen molar-refractivity contribution in [3.63, 3.8) is 0 Å². The summed E-state index contributed by atoms with van der Waals surface area (Å²) < 4.78 is 5.86. The molecule has 1 saturated carbocycles. The van der Waals surface area contributed by atoms with Crippen LogP contribution in [0.3, 0.4) is 0 Å². The van der Waals surface area contributed by atoms with Gasteiger partial charge in [0.2, 0.25) is 5.95 Å². The van der Waals surface area contributed by atoms with Crippen LogP contribution in [0.2, 0.25) is 0 Å². The number of likely N-dealkylation sites (N-methyl/N-ethyl adjacent to an activating group) is 1. The molecular weight excluding hydrogens is 358 g/mol. The van der Waals surface area contributed by atoms with Gasteiger partial charge in [-0.2, -0.15) is 0 Å².